The van der Waals surface area contributed by atoms with Crippen molar-refractivity contribution in [2.24, 2.45) is 0 Å². The van der Waals surface area contributed by atoms with Gasteiger partial charge < -0.3 is 18.9 Å². The Morgan fingerprint density at radius 2 is 0.903 bits per heavy atom. The van der Waals surface area contributed by atoms with E-state index < -0.39 is 9.85 Å². The highest BCUT2D eigenvalue weighted by Gasteiger charge is 2.16. The van der Waals surface area contributed by atoms with Crippen LogP contribution in [0.3, 0.4) is 0 Å². The molecule has 0 unspecified atom stereocenters. The lowest BCUT2D eigenvalue weighted by molar-refractivity contribution is -0.385. The molecule has 0 aliphatic rings. The van der Waals surface area contributed by atoms with Crippen LogP contribution < -0.4 is 18.9 Å². The Bertz CT molecular complexity index is 2220. The van der Waals surface area contributed by atoms with Gasteiger partial charge in [-0.05, 0) is 108 Å². The highest BCUT2D eigenvalue weighted by atomic mass is 16.6. The molecule has 0 amide bonds. The maximum atomic E-state index is 11.1. The first-order valence-electron chi connectivity index (χ1n) is 20.8. The lowest BCUT2D eigenvalue weighted by atomic mass is 10.0. The molecule has 0 bridgehead atoms. The molecule has 5 rings (SSSR count). The zero-order valence-corrected chi connectivity index (χ0v) is 35.1. The summed E-state index contributed by atoms with van der Waals surface area (Å²) >= 11 is 0. The second-order valence-corrected chi connectivity index (χ2v) is 14.5. The van der Waals surface area contributed by atoms with Crippen LogP contribution in [-0.4, -0.2) is 23.1 Å². The van der Waals surface area contributed by atoms with E-state index in [1.54, 1.807) is 36.4 Å². The molecule has 0 N–H and O–H groups in total. The van der Waals surface area contributed by atoms with Gasteiger partial charge in [-0.1, -0.05) is 76.6 Å². The zero-order valence-electron chi connectivity index (χ0n) is 35.1. The summed E-state index contributed by atoms with van der Waals surface area (Å²) < 4.78 is 25.4. The van der Waals surface area contributed by atoms with Gasteiger partial charge in [-0.25, -0.2) is 0 Å². The molecule has 0 aliphatic carbocycles. The molecule has 0 atom stereocenters. The van der Waals surface area contributed by atoms with E-state index in [0.29, 0.717) is 58.5 Å². The van der Waals surface area contributed by atoms with Crippen molar-refractivity contribution in [3.63, 3.8) is 0 Å². The molecule has 318 valence electrons. The molecule has 0 spiro atoms. The van der Waals surface area contributed by atoms with Gasteiger partial charge in [0.15, 0.2) is 0 Å². The van der Waals surface area contributed by atoms with Crippen LogP contribution in [0.4, 0.5) is 11.4 Å². The van der Waals surface area contributed by atoms with Gasteiger partial charge in [0.2, 0.25) is 0 Å². The topological polar surface area (TPSA) is 171 Å². The van der Waals surface area contributed by atoms with Crippen molar-refractivity contribution in [2.75, 3.05) is 13.2 Å². The predicted molar refractivity (Wildman–Crippen MR) is 240 cm³/mol. The van der Waals surface area contributed by atoms with Crippen molar-refractivity contribution in [1.82, 2.24) is 0 Å². The number of hydrogen-bond acceptors (Lipinski definition) is 10. The summed E-state index contributed by atoms with van der Waals surface area (Å²) in [6, 6.07) is 34.7. The largest absolute Gasteiger partial charge is 0.493 e. The van der Waals surface area contributed by atoms with Crippen LogP contribution in [0, 0.1) is 42.9 Å². The highest BCUT2D eigenvalue weighted by molar-refractivity contribution is 5.90. The molecule has 0 radical (unpaired) electrons. The summed E-state index contributed by atoms with van der Waals surface area (Å²) in [5, 5.41) is 41.7. The summed E-state index contributed by atoms with van der Waals surface area (Å²) in [7, 11) is 0. The third kappa shape index (κ3) is 13.8. The normalized spacial score (nSPS) is 11.3. The van der Waals surface area contributed by atoms with Crippen LogP contribution >= 0.6 is 0 Å². The zero-order chi connectivity index (χ0) is 44.1. The third-order valence-corrected chi connectivity index (χ3v) is 9.94. The lowest BCUT2D eigenvalue weighted by Crippen LogP contribution is -2.08. The first kappa shape index (κ1) is 45.6. The number of nitrogens with zero attached hydrogens (tertiary/aromatic N) is 4. The Morgan fingerprint density at radius 3 is 1.23 bits per heavy atom. The van der Waals surface area contributed by atoms with Crippen molar-refractivity contribution in [3.05, 3.63) is 163 Å². The van der Waals surface area contributed by atoms with Crippen molar-refractivity contribution in [1.29, 1.82) is 10.5 Å². The lowest BCUT2D eigenvalue weighted by Gasteiger charge is -2.19. The van der Waals surface area contributed by atoms with E-state index in [0.717, 1.165) is 73.6 Å². The van der Waals surface area contributed by atoms with Gasteiger partial charge in [-0.2, -0.15) is 10.5 Å². The Morgan fingerprint density at radius 1 is 0.532 bits per heavy atom. The minimum atomic E-state index is -0.475. The second-order valence-electron chi connectivity index (χ2n) is 14.5. The molecular weight excluding hydrogens is 785 g/mol. The van der Waals surface area contributed by atoms with Crippen molar-refractivity contribution in [2.45, 2.75) is 78.4 Å². The van der Waals surface area contributed by atoms with Crippen molar-refractivity contribution in [3.8, 4) is 35.1 Å². The van der Waals surface area contributed by atoms with Crippen LogP contribution in [0.2, 0.25) is 0 Å². The van der Waals surface area contributed by atoms with Gasteiger partial charge in [0.1, 0.15) is 36.2 Å². The average molecular weight is 835 g/mol. The molecule has 5 aromatic carbocycles. The number of benzene rings is 5. The van der Waals surface area contributed by atoms with Crippen LogP contribution in [-0.2, 0) is 13.2 Å². The maximum Gasteiger partial charge on any atom is 0.269 e. The Kier molecular flexibility index (Phi) is 17.6. The fourth-order valence-corrected chi connectivity index (χ4v) is 6.42. The minimum Gasteiger partial charge on any atom is -0.493 e. The number of rotatable bonds is 24. The van der Waals surface area contributed by atoms with Crippen molar-refractivity contribution < 1.29 is 28.8 Å². The van der Waals surface area contributed by atoms with Crippen LogP contribution in [0.5, 0.6) is 23.0 Å². The van der Waals surface area contributed by atoms with Crippen LogP contribution in [0.15, 0.2) is 109 Å². The Labute approximate surface area is 362 Å². The van der Waals surface area contributed by atoms with E-state index >= 15 is 0 Å². The standard InChI is InChI=1S/C50H50N4O8/c1-3-5-7-9-27-59-49-31-44(36-62-48-25-13-38(14-26-48)30-42(34-52)40-17-21-46(22-18-40)54(57)58)50(60-28-10-8-6-4-2)32-43(49)35-61-47-23-11-37(12-24-47)29-41(33-51)39-15-19-45(20-16-39)53(55)56/h11-26,29-32H,3-10,27-28,35-36H2,1-2H3/b41-29+,42-30+. The summed E-state index contributed by atoms with van der Waals surface area (Å²) in [6.07, 6.45) is 11.9. The average Bonchev–Trinajstić information content (AvgIpc) is 3.29. The van der Waals surface area contributed by atoms with E-state index in [1.165, 1.54) is 24.3 Å². The molecule has 12 heteroatoms. The summed E-state index contributed by atoms with van der Waals surface area (Å²) in [5.74, 6) is 2.59. The van der Waals surface area contributed by atoms with Gasteiger partial charge in [-0.3, -0.25) is 20.2 Å². The molecule has 0 aromatic heterocycles. The van der Waals surface area contributed by atoms with Crippen LogP contribution in [0.25, 0.3) is 23.3 Å². The maximum absolute atomic E-state index is 11.1. The molecule has 0 saturated carbocycles. The van der Waals surface area contributed by atoms with Gasteiger partial charge in [0, 0.05) is 35.4 Å². The molecule has 62 heavy (non-hydrogen) atoms. The SMILES string of the molecule is CCCCCCOc1cc(COc2ccc(/C=C(\C#N)c3ccc([N+](=O)[O-])cc3)cc2)c(OCCCCCC)cc1COc1ccc(/C=C(\C#N)c2ccc([N+](=O)[O-])cc2)cc1. The number of nitriles is 2. The predicted octanol–water partition coefficient (Wildman–Crippen LogP) is 12.7. The second kappa shape index (κ2) is 24.0. The molecule has 12 nitrogen and oxygen atoms in total. The third-order valence-electron chi connectivity index (χ3n) is 9.94. The van der Waals surface area contributed by atoms with E-state index in [-0.39, 0.29) is 24.6 Å². The number of nitro groups is 2. The summed E-state index contributed by atoms with van der Waals surface area (Å²) in [6.45, 7) is 5.84. The minimum absolute atomic E-state index is 0.0418. The summed E-state index contributed by atoms with van der Waals surface area (Å²) in [4.78, 5) is 21.2. The monoisotopic (exact) mass is 834 g/mol. The smallest absolute Gasteiger partial charge is 0.269 e. The van der Waals surface area contributed by atoms with E-state index in [4.69, 9.17) is 18.9 Å². The number of allylic oxidation sites excluding steroid dienone is 2. The number of nitro benzene ring substituents is 2. The molecule has 0 heterocycles. The Hall–Kier alpha value is -7.44. The van der Waals surface area contributed by atoms with Crippen LogP contribution in [0.1, 0.15) is 98.6 Å². The molecular formula is C50H50N4O8. The van der Waals surface area contributed by atoms with Gasteiger partial charge >= 0.3 is 0 Å². The van der Waals surface area contributed by atoms with Crippen molar-refractivity contribution >= 4 is 34.7 Å². The number of hydrogen-bond donors (Lipinski definition) is 0. The first-order chi connectivity index (χ1) is 30.2. The van der Waals surface area contributed by atoms with Gasteiger partial charge in [-0.15, -0.1) is 0 Å². The number of unbranched alkanes of at least 4 members (excludes halogenated alkanes) is 6. The molecule has 0 saturated heterocycles. The number of ether oxygens (including phenoxy) is 4. The van der Waals surface area contributed by atoms with E-state index in [1.807, 2.05) is 60.7 Å². The fourth-order valence-electron chi connectivity index (χ4n) is 6.42. The van der Waals surface area contributed by atoms with E-state index in [9.17, 15) is 30.8 Å². The van der Waals surface area contributed by atoms with E-state index in [2.05, 4.69) is 26.0 Å². The fraction of sp³-hybridized carbons (Fsp3) is 0.280. The quantitative estimate of drug-likeness (QED) is 0.0191. The molecule has 0 aliphatic heterocycles. The highest BCUT2D eigenvalue weighted by Crippen LogP contribution is 2.33. The summed E-state index contributed by atoms with van der Waals surface area (Å²) in [5.41, 5.74) is 5.01. The van der Waals surface area contributed by atoms with Gasteiger partial charge in [0.05, 0.1) is 46.3 Å². The Balaban J connectivity index is 1.34. The van der Waals surface area contributed by atoms with Gasteiger partial charge in [0.25, 0.3) is 11.4 Å². The number of non-ortho nitro benzene ring substituents is 2. The molecule has 5 aromatic rings. The molecule has 0 fully saturated rings. The first-order valence-corrected chi connectivity index (χ1v) is 20.8.